The molecule has 0 saturated carbocycles. The Morgan fingerprint density at radius 2 is 1.93 bits per heavy atom. The first-order chi connectivity index (χ1) is 12.1. The van der Waals surface area contributed by atoms with Crippen molar-refractivity contribution in [3.05, 3.63) is 41.0 Å². The molecule has 1 aliphatic heterocycles. The lowest BCUT2D eigenvalue weighted by molar-refractivity contribution is 0.102. The summed E-state index contributed by atoms with van der Waals surface area (Å²) in [5, 5.41) is 3.07. The van der Waals surface area contributed by atoms with Crippen molar-refractivity contribution in [1.29, 1.82) is 0 Å². The van der Waals surface area contributed by atoms with Crippen molar-refractivity contribution in [2.24, 2.45) is 0 Å². The first-order valence-corrected chi connectivity index (χ1v) is 8.61. The number of hydrogen-bond donors (Lipinski definition) is 2. The minimum absolute atomic E-state index is 0. The maximum Gasteiger partial charge on any atom is 0.260 e. The smallest absolute Gasteiger partial charge is 0.260 e. The van der Waals surface area contributed by atoms with Gasteiger partial charge in [0.05, 0.1) is 35.3 Å². The largest absolute Gasteiger partial charge is 0.496 e. The van der Waals surface area contributed by atoms with Crippen molar-refractivity contribution in [2.75, 3.05) is 36.1 Å². The van der Waals surface area contributed by atoms with E-state index in [1.807, 2.05) is 6.07 Å². The molecule has 6 nitrogen and oxygen atoms in total. The van der Waals surface area contributed by atoms with E-state index in [0.29, 0.717) is 27.8 Å². The number of halogens is 3. The number of nitrogens with zero attached hydrogens (tertiary/aromatic N) is 2. The molecule has 1 aromatic carbocycles. The lowest BCUT2D eigenvalue weighted by Crippen LogP contribution is -2.29. The zero-order valence-corrected chi connectivity index (χ0v) is 17.3. The van der Waals surface area contributed by atoms with Crippen molar-refractivity contribution in [2.45, 2.75) is 19.3 Å². The molecule has 0 unspecified atom stereocenters. The van der Waals surface area contributed by atoms with Gasteiger partial charge in [-0.2, -0.15) is 0 Å². The highest BCUT2D eigenvalue weighted by atomic mass is 35.5. The number of benzene rings is 1. The van der Waals surface area contributed by atoms with Gasteiger partial charge in [0.1, 0.15) is 11.6 Å². The van der Waals surface area contributed by atoms with E-state index in [9.17, 15) is 4.79 Å². The third kappa shape index (κ3) is 5.54. The average molecular weight is 434 g/mol. The van der Waals surface area contributed by atoms with E-state index in [4.69, 9.17) is 22.1 Å². The van der Waals surface area contributed by atoms with E-state index in [1.165, 1.54) is 38.5 Å². The van der Waals surface area contributed by atoms with Crippen LogP contribution in [-0.4, -0.2) is 31.1 Å². The topological polar surface area (TPSA) is 80.5 Å². The van der Waals surface area contributed by atoms with Gasteiger partial charge >= 0.3 is 0 Å². The monoisotopic (exact) mass is 432 g/mol. The van der Waals surface area contributed by atoms with Crippen LogP contribution < -0.4 is 20.7 Å². The summed E-state index contributed by atoms with van der Waals surface area (Å²) in [6.45, 7) is 2.10. The van der Waals surface area contributed by atoms with E-state index >= 15 is 0 Å². The van der Waals surface area contributed by atoms with E-state index in [-0.39, 0.29) is 30.7 Å². The Kier molecular flexibility index (Phi) is 8.96. The standard InChI is InChI=1S/C18H21ClN4O2.2ClH/c1-25-16-10-15(20)14(19)9-13(16)18(24)22-17-6-5-12(11-21-17)23-7-3-2-4-8-23;;/h5-6,9-11H,2-4,7-8,20H2,1H3,(H,21,22,24);2*1H. The third-order valence-electron chi connectivity index (χ3n) is 4.27. The quantitative estimate of drug-likeness (QED) is 0.698. The van der Waals surface area contributed by atoms with Crippen LogP contribution in [-0.2, 0) is 0 Å². The number of aromatic nitrogens is 1. The van der Waals surface area contributed by atoms with Crippen LogP contribution in [0.3, 0.4) is 0 Å². The number of amides is 1. The van der Waals surface area contributed by atoms with Crippen LogP contribution in [0.1, 0.15) is 29.6 Å². The SMILES string of the molecule is COc1cc(N)c(Cl)cc1C(=O)Nc1ccc(N2CCCCC2)cn1.Cl.Cl. The fourth-order valence-corrected chi connectivity index (χ4v) is 3.06. The normalized spacial score (nSPS) is 13.2. The van der Waals surface area contributed by atoms with Gasteiger partial charge in [-0.3, -0.25) is 4.79 Å². The molecule has 1 fully saturated rings. The second-order valence-electron chi connectivity index (χ2n) is 5.98. The maximum atomic E-state index is 12.5. The van der Waals surface area contributed by atoms with Crippen molar-refractivity contribution >= 4 is 59.5 Å². The molecule has 2 aromatic rings. The van der Waals surface area contributed by atoms with E-state index in [0.717, 1.165) is 18.8 Å². The molecule has 0 atom stereocenters. The number of anilines is 3. The Morgan fingerprint density at radius 3 is 2.52 bits per heavy atom. The van der Waals surface area contributed by atoms with E-state index in [1.54, 1.807) is 12.3 Å². The van der Waals surface area contributed by atoms with Crippen LogP contribution in [0.15, 0.2) is 30.5 Å². The van der Waals surface area contributed by atoms with Crippen LogP contribution in [0.2, 0.25) is 5.02 Å². The molecular weight excluding hydrogens is 411 g/mol. The molecule has 1 amide bonds. The second-order valence-corrected chi connectivity index (χ2v) is 6.38. The van der Waals surface area contributed by atoms with Gasteiger partial charge in [0.15, 0.2) is 0 Å². The molecule has 1 saturated heterocycles. The molecule has 0 aliphatic carbocycles. The number of hydrogen-bond acceptors (Lipinski definition) is 5. The maximum absolute atomic E-state index is 12.5. The van der Waals surface area contributed by atoms with Gasteiger partial charge in [0.25, 0.3) is 5.91 Å². The highest BCUT2D eigenvalue weighted by Crippen LogP contribution is 2.29. The molecule has 9 heteroatoms. The number of ether oxygens (including phenoxy) is 1. The molecule has 2 heterocycles. The summed E-state index contributed by atoms with van der Waals surface area (Å²) in [7, 11) is 1.48. The number of piperidine rings is 1. The molecule has 0 radical (unpaired) electrons. The second kappa shape index (κ2) is 10.4. The van der Waals surface area contributed by atoms with Crippen LogP contribution in [0, 0.1) is 0 Å². The Hall–Kier alpha value is -1.89. The number of methoxy groups -OCH3 is 1. The van der Waals surface area contributed by atoms with Crippen molar-refractivity contribution in [1.82, 2.24) is 4.98 Å². The van der Waals surface area contributed by atoms with Gasteiger partial charge in [-0.25, -0.2) is 4.98 Å². The minimum atomic E-state index is -0.350. The minimum Gasteiger partial charge on any atom is -0.496 e. The van der Waals surface area contributed by atoms with Gasteiger partial charge in [0.2, 0.25) is 0 Å². The average Bonchev–Trinajstić information content (AvgIpc) is 2.65. The number of nitrogens with one attached hydrogen (secondary N) is 1. The molecule has 27 heavy (non-hydrogen) atoms. The predicted molar refractivity (Wildman–Crippen MR) is 115 cm³/mol. The first-order valence-electron chi connectivity index (χ1n) is 8.24. The van der Waals surface area contributed by atoms with E-state index in [2.05, 4.69) is 15.2 Å². The van der Waals surface area contributed by atoms with Gasteiger partial charge in [0, 0.05) is 19.2 Å². The number of rotatable bonds is 4. The molecule has 1 aromatic heterocycles. The first kappa shape index (κ1) is 23.1. The van der Waals surface area contributed by atoms with E-state index < -0.39 is 0 Å². The summed E-state index contributed by atoms with van der Waals surface area (Å²) < 4.78 is 5.21. The summed E-state index contributed by atoms with van der Waals surface area (Å²) in [6, 6.07) is 6.80. The highest BCUT2D eigenvalue weighted by Gasteiger charge is 2.16. The van der Waals surface area contributed by atoms with Crippen molar-refractivity contribution < 1.29 is 9.53 Å². The van der Waals surface area contributed by atoms with Gasteiger partial charge in [-0.1, -0.05) is 11.6 Å². The Balaban J connectivity index is 0.00000182. The summed E-state index contributed by atoms with van der Waals surface area (Å²) in [4.78, 5) is 19.2. The Morgan fingerprint density at radius 1 is 1.22 bits per heavy atom. The number of nitrogens with two attached hydrogens (primary N) is 1. The summed E-state index contributed by atoms with van der Waals surface area (Å²) in [5.41, 5.74) is 7.49. The van der Waals surface area contributed by atoms with Crippen LogP contribution in [0.4, 0.5) is 17.2 Å². The summed E-state index contributed by atoms with van der Waals surface area (Å²) in [6.07, 6.45) is 5.48. The van der Waals surface area contributed by atoms with Crippen LogP contribution in [0.25, 0.3) is 0 Å². The van der Waals surface area contributed by atoms with Gasteiger partial charge in [-0.15, -0.1) is 24.8 Å². The molecule has 0 bridgehead atoms. The number of carbonyl (C=O) groups excluding carboxylic acids is 1. The van der Waals surface area contributed by atoms with Crippen molar-refractivity contribution in [3.8, 4) is 5.75 Å². The fraction of sp³-hybridized carbons (Fsp3) is 0.333. The summed E-state index contributed by atoms with van der Waals surface area (Å²) >= 11 is 6.01. The predicted octanol–water partition coefficient (Wildman–Crippen LogP) is 4.41. The van der Waals surface area contributed by atoms with Crippen molar-refractivity contribution in [3.63, 3.8) is 0 Å². The lowest BCUT2D eigenvalue weighted by Gasteiger charge is -2.28. The number of carbonyl (C=O) groups is 1. The summed E-state index contributed by atoms with van der Waals surface area (Å²) in [5.74, 6) is 0.488. The highest BCUT2D eigenvalue weighted by molar-refractivity contribution is 6.33. The number of pyridine rings is 1. The lowest BCUT2D eigenvalue weighted by atomic mass is 10.1. The fourth-order valence-electron chi connectivity index (χ4n) is 2.90. The van der Waals surface area contributed by atoms with Gasteiger partial charge < -0.3 is 20.7 Å². The zero-order chi connectivity index (χ0) is 17.8. The molecule has 148 valence electrons. The molecule has 0 spiro atoms. The molecule has 3 N–H and O–H groups in total. The third-order valence-corrected chi connectivity index (χ3v) is 4.60. The Labute approximate surface area is 176 Å². The molecular formula is C18H23Cl3N4O2. The zero-order valence-electron chi connectivity index (χ0n) is 14.9. The Bertz CT molecular complexity index is 766. The van der Waals surface area contributed by atoms with Crippen LogP contribution in [0.5, 0.6) is 5.75 Å². The van der Waals surface area contributed by atoms with Crippen LogP contribution >= 0.6 is 36.4 Å². The molecule has 1 aliphatic rings. The van der Waals surface area contributed by atoms with Gasteiger partial charge in [-0.05, 0) is 37.5 Å². The number of nitrogen functional groups attached to an aromatic ring is 1. The molecule has 3 rings (SSSR count).